The number of nitrogen functional groups attached to an aromatic ring is 1. The van der Waals surface area contributed by atoms with Crippen molar-refractivity contribution in [2.75, 3.05) is 37.9 Å². The molecule has 0 saturated carbocycles. The summed E-state index contributed by atoms with van der Waals surface area (Å²) in [4.78, 5) is 8.75. The standard InChI is InChI=1S/C14H26N4O2/c1-4-6-10-20-14-12(15)13(16-8-7-9-19-3)17-11(5-2)18-14/h4-10,15H2,1-3H3,(H,16,17,18). The zero-order valence-electron chi connectivity index (χ0n) is 12.7. The smallest absolute Gasteiger partial charge is 0.242 e. The number of hydrogen-bond acceptors (Lipinski definition) is 6. The molecule has 6 heteroatoms. The summed E-state index contributed by atoms with van der Waals surface area (Å²) in [5.41, 5.74) is 6.54. The second-order valence-corrected chi connectivity index (χ2v) is 4.54. The van der Waals surface area contributed by atoms with Crippen LogP contribution in [0.5, 0.6) is 5.88 Å². The lowest BCUT2D eigenvalue weighted by Gasteiger charge is -2.13. The average molecular weight is 282 g/mol. The number of ether oxygens (including phenoxy) is 2. The molecule has 1 aromatic rings. The minimum Gasteiger partial charge on any atom is -0.476 e. The molecule has 3 N–H and O–H groups in total. The highest BCUT2D eigenvalue weighted by molar-refractivity contribution is 5.66. The predicted octanol–water partition coefficient (Wildman–Crippen LogP) is 2.25. The van der Waals surface area contributed by atoms with E-state index in [1.54, 1.807) is 7.11 Å². The molecule has 0 bridgehead atoms. The van der Waals surface area contributed by atoms with Crippen molar-refractivity contribution in [3.05, 3.63) is 5.82 Å². The Morgan fingerprint density at radius 3 is 2.60 bits per heavy atom. The third-order valence-corrected chi connectivity index (χ3v) is 2.83. The average Bonchev–Trinajstić information content (AvgIpc) is 2.46. The molecular formula is C14H26N4O2. The Morgan fingerprint density at radius 1 is 1.15 bits per heavy atom. The number of methoxy groups -OCH3 is 1. The van der Waals surface area contributed by atoms with Crippen LogP contribution < -0.4 is 15.8 Å². The van der Waals surface area contributed by atoms with E-state index >= 15 is 0 Å². The molecule has 0 unspecified atom stereocenters. The van der Waals surface area contributed by atoms with Crippen LogP contribution >= 0.6 is 0 Å². The van der Waals surface area contributed by atoms with Gasteiger partial charge in [0.15, 0.2) is 5.82 Å². The van der Waals surface area contributed by atoms with Gasteiger partial charge in [0.1, 0.15) is 11.5 Å². The lowest BCUT2D eigenvalue weighted by molar-refractivity contribution is 0.197. The fraction of sp³-hybridized carbons (Fsp3) is 0.714. The number of nitrogens with two attached hydrogens (primary N) is 1. The Hall–Kier alpha value is -1.56. The lowest BCUT2D eigenvalue weighted by Crippen LogP contribution is -2.12. The number of aromatic nitrogens is 2. The van der Waals surface area contributed by atoms with Crippen LogP contribution in [-0.2, 0) is 11.2 Å². The van der Waals surface area contributed by atoms with E-state index < -0.39 is 0 Å². The van der Waals surface area contributed by atoms with Crippen LogP contribution in [0.2, 0.25) is 0 Å². The van der Waals surface area contributed by atoms with E-state index in [1.165, 1.54) is 0 Å². The quantitative estimate of drug-likeness (QED) is 0.640. The SMILES string of the molecule is CCCCOc1nc(CC)nc(NCCCOC)c1N. The molecule has 1 aromatic heterocycles. The van der Waals surface area contributed by atoms with Gasteiger partial charge in [-0.2, -0.15) is 4.98 Å². The van der Waals surface area contributed by atoms with E-state index in [0.717, 1.165) is 38.1 Å². The Labute approximate surface area is 121 Å². The van der Waals surface area contributed by atoms with Crippen molar-refractivity contribution in [3.8, 4) is 5.88 Å². The molecule has 6 nitrogen and oxygen atoms in total. The number of nitrogens with one attached hydrogen (secondary N) is 1. The molecule has 0 atom stereocenters. The van der Waals surface area contributed by atoms with Gasteiger partial charge >= 0.3 is 0 Å². The molecule has 1 rings (SSSR count). The monoisotopic (exact) mass is 282 g/mol. The van der Waals surface area contributed by atoms with E-state index in [1.807, 2.05) is 6.92 Å². The van der Waals surface area contributed by atoms with Gasteiger partial charge < -0.3 is 20.5 Å². The highest BCUT2D eigenvalue weighted by Crippen LogP contribution is 2.26. The van der Waals surface area contributed by atoms with Gasteiger partial charge in [0.05, 0.1) is 6.61 Å². The van der Waals surface area contributed by atoms with Crippen LogP contribution in [0.25, 0.3) is 0 Å². The number of anilines is 2. The number of unbranched alkanes of at least 4 members (excludes halogenated alkanes) is 1. The number of nitrogens with zero attached hydrogens (tertiary/aromatic N) is 2. The summed E-state index contributed by atoms with van der Waals surface area (Å²) < 4.78 is 10.7. The van der Waals surface area contributed by atoms with Crippen molar-refractivity contribution in [2.45, 2.75) is 39.5 Å². The largest absolute Gasteiger partial charge is 0.476 e. The molecule has 0 aliphatic rings. The van der Waals surface area contributed by atoms with Crippen molar-refractivity contribution in [2.24, 2.45) is 0 Å². The van der Waals surface area contributed by atoms with E-state index in [-0.39, 0.29) is 0 Å². The van der Waals surface area contributed by atoms with Crippen molar-refractivity contribution in [1.82, 2.24) is 9.97 Å². The molecule has 20 heavy (non-hydrogen) atoms. The first kappa shape index (κ1) is 16.5. The molecule has 114 valence electrons. The van der Waals surface area contributed by atoms with Gasteiger partial charge in [-0.25, -0.2) is 4.98 Å². The third kappa shape index (κ3) is 5.21. The number of aryl methyl sites for hydroxylation is 1. The second-order valence-electron chi connectivity index (χ2n) is 4.54. The van der Waals surface area contributed by atoms with Gasteiger partial charge in [0.25, 0.3) is 0 Å². The summed E-state index contributed by atoms with van der Waals surface area (Å²) in [5, 5.41) is 3.22. The van der Waals surface area contributed by atoms with Crippen LogP contribution in [0.15, 0.2) is 0 Å². The molecule has 0 aliphatic heterocycles. The molecule has 0 aliphatic carbocycles. The maximum absolute atomic E-state index is 6.06. The normalized spacial score (nSPS) is 10.6. The van der Waals surface area contributed by atoms with Crippen molar-refractivity contribution in [3.63, 3.8) is 0 Å². The van der Waals surface area contributed by atoms with E-state index in [0.29, 0.717) is 30.6 Å². The summed E-state index contributed by atoms with van der Waals surface area (Å²) in [6, 6.07) is 0. The first-order chi connectivity index (χ1) is 9.72. The Balaban J connectivity index is 2.73. The summed E-state index contributed by atoms with van der Waals surface area (Å²) in [6.07, 6.45) is 3.71. The zero-order chi connectivity index (χ0) is 14.8. The first-order valence-electron chi connectivity index (χ1n) is 7.24. The minimum absolute atomic E-state index is 0.482. The van der Waals surface area contributed by atoms with E-state index in [2.05, 4.69) is 22.2 Å². The van der Waals surface area contributed by atoms with Crippen LogP contribution in [0, 0.1) is 0 Å². The fourth-order valence-electron chi connectivity index (χ4n) is 1.63. The molecule has 0 spiro atoms. The van der Waals surface area contributed by atoms with Gasteiger partial charge in [-0.15, -0.1) is 0 Å². The van der Waals surface area contributed by atoms with E-state index in [4.69, 9.17) is 15.2 Å². The molecule has 0 amide bonds. The zero-order valence-corrected chi connectivity index (χ0v) is 12.7. The maximum Gasteiger partial charge on any atom is 0.242 e. The van der Waals surface area contributed by atoms with Gasteiger partial charge in [-0.3, -0.25) is 0 Å². The molecular weight excluding hydrogens is 256 g/mol. The molecule has 0 radical (unpaired) electrons. The molecule has 1 heterocycles. The van der Waals surface area contributed by atoms with Crippen LogP contribution in [0.1, 0.15) is 38.9 Å². The van der Waals surface area contributed by atoms with Crippen LogP contribution in [0.4, 0.5) is 11.5 Å². The highest BCUT2D eigenvalue weighted by Gasteiger charge is 2.12. The lowest BCUT2D eigenvalue weighted by atomic mass is 10.3. The minimum atomic E-state index is 0.482. The Bertz CT molecular complexity index is 399. The van der Waals surface area contributed by atoms with Crippen molar-refractivity contribution in [1.29, 1.82) is 0 Å². The Kier molecular flexibility index (Phi) is 7.72. The molecule has 0 fully saturated rings. The van der Waals surface area contributed by atoms with E-state index in [9.17, 15) is 0 Å². The topological polar surface area (TPSA) is 82.3 Å². The molecule has 0 aromatic carbocycles. The summed E-state index contributed by atoms with van der Waals surface area (Å²) in [7, 11) is 1.69. The van der Waals surface area contributed by atoms with Gasteiger partial charge in [0, 0.05) is 26.7 Å². The highest BCUT2D eigenvalue weighted by atomic mass is 16.5. The van der Waals surface area contributed by atoms with Crippen molar-refractivity contribution < 1.29 is 9.47 Å². The summed E-state index contributed by atoms with van der Waals surface area (Å²) in [5.74, 6) is 1.87. The van der Waals surface area contributed by atoms with Crippen LogP contribution in [0.3, 0.4) is 0 Å². The third-order valence-electron chi connectivity index (χ3n) is 2.83. The fourth-order valence-corrected chi connectivity index (χ4v) is 1.63. The maximum atomic E-state index is 6.06. The van der Waals surface area contributed by atoms with Gasteiger partial charge in [-0.1, -0.05) is 20.3 Å². The first-order valence-corrected chi connectivity index (χ1v) is 7.24. The number of rotatable bonds is 10. The van der Waals surface area contributed by atoms with Crippen molar-refractivity contribution >= 4 is 11.5 Å². The van der Waals surface area contributed by atoms with Crippen LogP contribution in [-0.4, -0.2) is 36.8 Å². The second kappa shape index (κ2) is 9.36. The van der Waals surface area contributed by atoms with Gasteiger partial charge in [0.2, 0.25) is 5.88 Å². The summed E-state index contributed by atoms with van der Waals surface area (Å²) >= 11 is 0. The van der Waals surface area contributed by atoms with Gasteiger partial charge in [-0.05, 0) is 12.8 Å². The predicted molar refractivity (Wildman–Crippen MR) is 81.2 cm³/mol. The Morgan fingerprint density at radius 2 is 1.95 bits per heavy atom. The summed E-state index contributed by atoms with van der Waals surface area (Å²) in [6.45, 7) is 6.22. The molecule has 0 saturated heterocycles. The number of hydrogen-bond donors (Lipinski definition) is 2.